The minimum atomic E-state index is -5.91. The zero-order valence-corrected chi connectivity index (χ0v) is 18.9. The fourth-order valence-electron chi connectivity index (χ4n) is 5.09. The monoisotopic (exact) mass is 493 g/mol. The largest absolute Gasteiger partial charge is 0.430 e. The fraction of sp³-hybridized carbons (Fsp3) is 0.333. The van der Waals surface area contributed by atoms with Gasteiger partial charge in [0.1, 0.15) is 0 Å². The Bertz CT molecular complexity index is 1110. The van der Waals surface area contributed by atoms with Crippen LogP contribution in [0.5, 0.6) is 0 Å². The van der Waals surface area contributed by atoms with Gasteiger partial charge in [0.2, 0.25) is 0 Å². The summed E-state index contributed by atoms with van der Waals surface area (Å²) >= 11 is 0. The number of hydrogen-bond donors (Lipinski definition) is 1. The number of aliphatic hydroxyl groups is 1. The van der Waals surface area contributed by atoms with E-state index in [2.05, 4.69) is 11.8 Å². The minimum Gasteiger partial charge on any atom is -0.369 e. The van der Waals surface area contributed by atoms with Crippen LogP contribution in [0.15, 0.2) is 84.9 Å². The van der Waals surface area contributed by atoms with E-state index in [1.165, 1.54) is 12.1 Å². The molecule has 0 aromatic heterocycles. The van der Waals surface area contributed by atoms with Gasteiger partial charge in [-0.25, -0.2) is 0 Å². The maximum absolute atomic E-state index is 13.3. The van der Waals surface area contributed by atoms with E-state index in [1.807, 2.05) is 60.7 Å². The third-order valence-corrected chi connectivity index (χ3v) is 7.00. The van der Waals surface area contributed by atoms with Crippen molar-refractivity contribution in [1.82, 2.24) is 4.90 Å². The Labute approximate surface area is 199 Å². The second-order valence-electron chi connectivity index (χ2n) is 9.32. The molecule has 1 N–H and O–H groups in total. The van der Waals surface area contributed by atoms with Crippen molar-refractivity contribution in [3.05, 3.63) is 107 Å². The Morgan fingerprint density at radius 2 is 1.31 bits per heavy atom. The molecule has 35 heavy (non-hydrogen) atoms. The number of alkyl halides is 6. The molecule has 1 aliphatic rings. The van der Waals surface area contributed by atoms with E-state index < -0.39 is 28.9 Å². The van der Waals surface area contributed by atoms with Crippen molar-refractivity contribution in [3.8, 4) is 0 Å². The van der Waals surface area contributed by atoms with E-state index in [-0.39, 0.29) is 5.92 Å². The molecular formula is C27H25F6NO. The van der Waals surface area contributed by atoms with E-state index in [4.69, 9.17) is 0 Å². The average Bonchev–Trinajstić information content (AvgIpc) is 3.15. The molecule has 2 nitrogen and oxygen atoms in total. The number of likely N-dealkylation sites (tertiary alicyclic amines) is 1. The molecule has 0 bridgehead atoms. The Kier molecular flexibility index (Phi) is 6.49. The number of nitrogens with zero attached hydrogens (tertiary/aromatic N) is 1. The van der Waals surface area contributed by atoms with Gasteiger partial charge in [-0.3, -0.25) is 4.90 Å². The third kappa shape index (κ3) is 4.57. The van der Waals surface area contributed by atoms with Gasteiger partial charge in [-0.15, -0.1) is 0 Å². The molecule has 0 aliphatic carbocycles. The second-order valence-corrected chi connectivity index (χ2v) is 9.32. The van der Waals surface area contributed by atoms with Gasteiger partial charge in [0, 0.05) is 36.5 Å². The molecule has 3 aromatic carbocycles. The molecule has 0 radical (unpaired) electrons. The first kappa shape index (κ1) is 25.3. The highest BCUT2D eigenvalue weighted by Gasteiger charge is 2.71. The normalized spacial score (nSPS) is 21.9. The lowest BCUT2D eigenvalue weighted by molar-refractivity contribution is -0.376. The SMILES string of the molecule is CC1(c2ccccc2)CN(Cc2ccccc2)CC1c1ccc(C(O)(C(F)(F)F)C(F)(F)F)cc1. The highest BCUT2D eigenvalue weighted by Crippen LogP contribution is 2.51. The van der Waals surface area contributed by atoms with Crippen LogP contribution in [0, 0.1) is 0 Å². The average molecular weight is 493 g/mol. The van der Waals surface area contributed by atoms with E-state index in [9.17, 15) is 31.4 Å². The van der Waals surface area contributed by atoms with Crippen molar-refractivity contribution >= 4 is 0 Å². The highest BCUT2D eigenvalue weighted by atomic mass is 19.4. The van der Waals surface area contributed by atoms with Crippen molar-refractivity contribution in [1.29, 1.82) is 0 Å². The van der Waals surface area contributed by atoms with Crippen molar-refractivity contribution in [2.45, 2.75) is 42.8 Å². The summed E-state index contributed by atoms with van der Waals surface area (Å²) in [6.45, 7) is 3.96. The summed E-state index contributed by atoms with van der Waals surface area (Å²) in [6.07, 6.45) is -11.8. The number of benzene rings is 3. The summed E-state index contributed by atoms with van der Waals surface area (Å²) in [6, 6.07) is 23.5. The minimum absolute atomic E-state index is 0.187. The first-order valence-electron chi connectivity index (χ1n) is 11.1. The predicted molar refractivity (Wildman–Crippen MR) is 121 cm³/mol. The van der Waals surface area contributed by atoms with Gasteiger partial charge < -0.3 is 5.11 Å². The molecule has 1 heterocycles. The summed E-state index contributed by atoms with van der Waals surface area (Å²) in [5.41, 5.74) is -3.85. The molecule has 3 aromatic rings. The van der Waals surface area contributed by atoms with Gasteiger partial charge in [0.25, 0.3) is 5.60 Å². The Hall–Kier alpha value is -2.84. The zero-order valence-electron chi connectivity index (χ0n) is 18.9. The molecule has 1 saturated heterocycles. The van der Waals surface area contributed by atoms with Crippen molar-refractivity contribution in [3.63, 3.8) is 0 Å². The first-order valence-corrected chi connectivity index (χ1v) is 11.1. The molecular weight excluding hydrogens is 468 g/mol. The standard InChI is InChI=1S/C27H25F6NO/c1-24(21-10-6-3-7-11-21)18-34(16-19-8-4-2-5-9-19)17-23(24)20-12-14-22(15-13-20)25(35,26(28,29)30)27(31,32)33/h2-15,23,35H,16-18H2,1H3. The Morgan fingerprint density at radius 3 is 1.83 bits per heavy atom. The quantitative estimate of drug-likeness (QED) is 0.407. The molecule has 1 fully saturated rings. The van der Waals surface area contributed by atoms with E-state index in [0.29, 0.717) is 25.2 Å². The summed E-state index contributed by atoms with van der Waals surface area (Å²) in [7, 11) is 0. The maximum atomic E-state index is 13.3. The maximum Gasteiger partial charge on any atom is 0.430 e. The lowest BCUT2D eigenvalue weighted by Crippen LogP contribution is -2.53. The molecule has 0 spiro atoms. The van der Waals surface area contributed by atoms with Crippen LogP contribution >= 0.6 is 0 Å². The van der Waals surface area contributed by atoms with Gasteiger partial charge >= 0.3 is 12.4 Å². The molecule has 0 saturated carbocycles. The molecule has 2 atom stereocenters. The van der Waals surface area contributed by atoms with Crippen molar-refractivity contribution in [2.24, 2.45) is 0 Å². The molecule has 8 heteroatoms. The molecule has 1 aliphatic heterocycles. The van der Waals surface area contributed by atoms with Gasteiger partial charge in [-0.1, -0.05) is 91.9 Å². The Balaban J connectivity index is 1.70. The number of halogens is 6. The summed E-state index contributed by atoms with van der Waals surface area (Å²) in [4.78, 5) is 2.24. The lowest BCUT2D eigenvalue weighted by atomic mass is 9.71. The summed E-state index contributed by atoms with van der Waals surface area (Å²) in [5.74, 6) is -0.187. The highest BCUT2D eigenvalue weighted by molar-refractivity contribution is 5.39. The smallest absolute Gasteiger partial charge is 0.369 e. The predicted octanol–water partition coefficient (Wildman–Crippen LogP) is 6.56. The first-order chi connectivity index (χ1) is 16.4. The van der Waals surface area contributed by atoms with E-state index in [1.54, 1.807) is 0 Å². The van der Waals surface area contributed by atoms with Crippen molar-refractivity contribution < 1.29 is 31.4 Å². The van der Waals surface area contributed by atoms with Crippen LogP contribution in [0.2, 0.25) is 0 Å². The van der Waals surface area contributed by atoms with E-state index >= 15 is 0 Å². The van der Waals surface area contributed by atoms with Gasteiger partial charge in [-0.2, -0.15) is 26.3 Å². The van der Waals surface area contributed by atoms with Gasteiger partial charge in [0.05, 0.1) is 0 Å². The van der Waals surface area contributed by atoms with Gasteiger partial charge in [0.15, 0.2) is 0 Å². The fourth-order valence-corrected chi connectivity index (χ4v) is 5.09. The zero-order chi connectivity index (χ0) is 25.5. The number of hydrogen-bond acceptors (Lipinski definition) is 2. The molecule has 0 amide bonds. The molecule has 186 valence electrons. The van der Waals surface area contributed by atoms with Crippen LogP contribution in [-0.4, -0.2) is 35.4 Å². The summed E-state index contributed by atoms with van der Waals surface area (Å²) in [5, 5.41) is 9.74. The summed E-state index contributed by atoms with van der Waals surface area (Å²) < 4.78 is 79.9. The number of rotatable bonds is 5. The van der Waals surface area contributed by atoms with Crippen molar-refractivity contribution in [2.75, 3.05) is 13.1 Å². The van der Waals surface area contributed by atoms with Crippen LogP contribution in [0.25, 0.3) is 0 Å². The van der Waals surface area contributed by atoms with Crippen LogP contribution in [-0.2, 0) is 17.6 Å². The molecule has 2 unspecified atom stereocenters. The van der Waals surface area contributed by atoms with Crippen LogP contribution in [0.4, 0.5) is 26.3 Å². The molecule has 4 rings (SSSR count). The third-order valence-electron chi connectivity index (χ3n) is 7.00. The van der Waals surface area contributed by atoms with E-state index in [0.717, 1.165) is 23.3 Å². The van der Waals surface area contributed by atoms with Crippen LogP contribution in [0.1, 0.15) is 35.1 Å². The second kappa shape index (κ2) is 8.99. The lowest BCUT2D eigenvalue weighted by Gasteiger charge is -2.34. The van der Waals surface area contributed by atoms with Crippen LogP contribution < -0.4 is 0 Å². The van der Waals surface area contributed by atoms with Crippen LogP contribution in [0.3, 0.4) is 0 Å². The Morgan fingerprint density at radius 1 is 0.800 bits per heavy atom. The van der Waals surface area contributed by atoms with Gasteiger partial charge in [-0.05, 0) is 16.7 Å². The topological polar surface area (TPSA) is 23.5 Å².